The first kappa shape index (κ1) is 19.5. The summed E-state index contributed by atoms with van der Waals surface area (Å²) in [6.07, 6.45) is 2.22. The van der Waals surface area contributed by atoms with Gasteiger partial charge in [0.05, 0.1) is 18.8 Å². The van der Waals surface area contributed by atoms with Crippen molar-refractivity contribution in [2.75, 3.05) is 7.11 Å². The molecule has 0 aliphatic carbocycles. The monoisotopic (exact) mass is 359 g/mol. The number of aromatic amines is 1. The van der Waals surface area contributed by atoms with E-state index >= 15 is 0 Å². The molecule has 0 saturated heterocycles. The molecule has 0 aliphatic heterocycles. The Labute approximate surface area is 153 Å². The summed E-state index contributed by atoms with van der Waals surface area (Å²) in [4.78, 5) is 31.8. The van der Waals surface area contributed by atoms with Crippen molar-refractivity contribution in [3.63, 3.8) is 0 Å². The van der Waals surface area contributed by atoms with Crippen LogP contribution in [0.5, 0.6) is 5.88 Å². The van der Waals surface area contributed by atoms with E-state index in [2.05, 4.69) is 15.3 Å². The molecule has 0 radical (unpaired) electrons. The number of hydrogen-bond acceptors (Lipinski definition) is 5. The highest BCUT2D eigenvalue weighted by atomic mass is 16.5. The Morgan fingerprint density at radius 1 is 1.35 bits per heavy atom. The molecule has 7 heteroatoms. The number of methoxy groups -OCH3 is 1. The number of aryl methyl sites for hydroxylation is 1. The molecule has 0 spiro atoms. The quantitative estimate of drug-likeness (QED) is 0.742. The van der Waals surface area contributed by atoms with E-state index in [1.807, 2.05) is 26.8 Å². The number of carbonyl (C=O) groups is 2. The van der Waals surface area contributed by atoms with E-state index in [0.717, 1.165) is 5.56 Å². The SMILES string of the molecule is CCc1[nH]c(C(=O)NCc2cccnc2OC(C)C)c(C)c1C(=O)OC. The van der Waals surface area contributed by atoms with Gasteiger partial charge in [-0.2, -0.15) is 0 Å². The first-order valence-corrected chi connectivity index (χ1v) is 8.57. The highest BCUT2D eigenvalue weighted by Gasteiger charge is 2.23. The molecule has 0 aromatic carbocycles. The highest BCUT2D eigenvalue weighted by molar-refractivity contribution is 6.00. The zero-order valence-corrected chi connectivity index (χ0v) is 15.8. The first-order chi connectivity index (χ1) is 12.4. The number of amides is 1. The molecule has 0 saturated carbocycles. The topological polar surface area (TPSA) is 93.3 Å². The fourth-order valence-corrected chi connectivity index (χ4v) is 2.68. The van der Waals surface area contributed by atoms with Crippen LogP contribution in [-0.4, -0.2) is 35.1 Å². The van der Waals surface area contributed by atoms with Crippen molar-refractivity contribution in [2.45, 2.75) is 46.8 Å². The zero-order chi connectivity index (χ0) is 19.3. The van der Waals surface area contributed by atoms with Gasteiger partial charge in [0.25, 0.3) is 5.91 Å². The van der Waals surface area contributed by atoms with Gasteiger partial charge in [0, 0.05) is 24.0 Å². The summed E-state index contributed by atoms with van der Waals surface area (Å²) in [6, 6.07) is 3.64. The van der Waals surface area contributed by atoms with Gasteiger partial charge in [-0.15, -0.1) is 0 Å². The lowest BCUT2D eigenvalue weighted by atomic mass is 10.1. The van der Waals surface area contributed by atoms with Crippen molar-refractivity contribution in [2.24, 2.45) is 0 Å². The fraction of sp³-hybridized carbons (Fsp3) is 0.421. The van der Waals surface area contributed by atoms with Gasteiger partial charge in [0.1, 0.15) is 5.69 Å². The van der Waals surface area contributed by atoms with Crippen molar-refractivity contribution in [1.82, 2.24) is 15.3 Å². The van der Waals surface area contributed by atoms with E-state index in [-0.39, 0.29) is 18.6 Å². The summed E-state index contributed by atoms with van der Waals surface area (Å²) in [5.41, 5.74) is 2.83. The second-order valence-electron chi connectivity index (χ2n) is 6.14. The number of hydrogen-bond donors (Lipinski definition) is 2. The van der Waals surface area contributed by atoms with Gasteiger partial charge in [0.2, 0.25) is 5.88 Å². The second kappa shape index (κ2) is 8.51. The van der Waals surface area contributed by atoms with E-state index in [1.54, 1.807) is 19.2 Å². The molecule has 0 bridgehead atoms. The maximum atomic E-state index is 12.6. The van der Waals surface area contributed by atoms with Crippen molar-refractivity contribution in [1.29, 1.82) is 0 Å². The van der Waals surface area contributed by atoms with E-state index < -0.39 is 5.97 Å². The van der Waals surface area contributed by atoms with Crippen LogP contribution in [0, 0.1) is 6.92 Å². The molecular formula is C19H25N3O4. The lowest BCUT2D eigenvalue weighted by Crippen LogP contribution is -2.24. The van der Waals surface area contributed by atoms with E-state index in [4.69, 9.17) is 9.47 Å². The summed E-state index contributed by atoms with van der Waals surface area (Å²) < 4.78 is 10.5. The summed E-state index contributed by atoms with van der Waals surface area (Å²) in [5, 5.41) is 2.85. The maximum absolute atomic E-state index is 12.6. The molecule has 140 valence electrons. The molecule has 26 heavy (non-hydrogen) atoms. The maximum Gasteiger partial charge on any atom is 0.339 e. The Hall–Kier alpha value is -2.83. The normalized spacial score (nSPS) is 10.7. The fourth-order valence-electron chi connectivity index (χ4n) is 2.68. The molecule has 2 aromatic heterocycles. The predicted octanol–water partition coefficient (Wildman–Crippen LogP) is 2.78. The van der Waals surface area contributed by atoms with Crippen LogP contribution >= 0.6 is 0 Å². The molecule has 0 atom stereocenters. The zero-order valence-electron chi connectivity index (χ0n) is 15.8. The number of ether oxygens (including phenoxy) is 2. The molecule has 2 rings (SSSR count). The minimum atomic E-state index is -0.450. The molecule has 7 nitrogen and oxygen atoms in total. The van der Waals surface area contributed by atoms with Crippen molar-refractivity contribution < 1.29 is 19.1 Å². The number of esters is 1. The summed E-state index contributed by atoms with van der Waals surface area (Å²) in [5.74, 6) is -0.253. The summed E-state index contributed by atoms with van der Waals surface area (Å²) in [7, 11) is 1.33. The van der Waals surface area contributed by atoms with Gasteiger partial charge in [-0.3, -0.25) is 4.79 Å². The molecule has 0 unspecified atom stereocenters. The molecule has 2 heterocycles. The van der Waals surface area contributed by atoms with Gasteiger partial charge < -0.3 is 19.8 Å². The van der Waals surface area contributed by atoms with Crippen LogP contribution in [0.1, 0.15) is 58.4 Å². The highest BCUT2D eigenvalue weighted by Crippen LogP contribution is 2.21. The van der Waals surface area contributed by atoms with Crippen LogP contribution in [0.15, 0.2) is 18.3 Å². The predicted molar refractivity (Wildman–Crippen MR) is 97.4 cm³/mol. The van der Waals surface area contributed by atoms with Crippen LogP contribution < -0.4 is 10.1 Å². The van der Waals surface area contributed by atoms with Crippen LogP contribution in [-0.2, 0) is 17.7 Å². The lowest BCUT2D eigenvalue weighted by molar-refractivity contribution is 0.0599. The van der Waals surface area contributed by atoms with E-state index in [0.29, 0.717) is 34.8 Å². The standard InChI is InChI=1S/C19H25N3O4/c1-6-14-15(19(24)25-5)12(4)16(22-14)17(23)21-10-13-8-7-9-20-18(13)26-11(2)3/h7-9,11,22H,6,10H2,1-5H3,(H,21,23). The van der Waals surface area contributed by atoms with Gasteiger partial charge in [-0.25, -0.2) is 9.78 Å². The number of aromatic nitrogens is 2. The Kier molecular flexibility index (Phi) is 6.38. The largest absolute Gasteiger partial charge is 0.475 e. The third-order valence-corrected chi connectivity index (χ3v) is 3.93. The first-order valence-electron chi connectivity index (χ1n) is 8.57. The smallest absolute Gasteiger partial charge is 0.339 e. The second-order valence-corrected chi connectivity index (χ2v) is 6.14. The molecule has 0 fully saturated rings. The number of nitrogens with one attached hydrogen (secondary N) is 2. The minimum Gasteiger partial charge on any atom is -0.475 e. The van der Waals surface area contributed by atoms with Crippen LogP contribution in [0.2, 0.25) is 0 Å². The average molecular weight is 359 g/mol. The Morgan fingerprint density at radius 2 is 2.08 bits per heavy atom. The number of nitrogens with zero attached hydrogens (tertiary/aromatic N) is 1. The van der Waals surface area contributed by atoms with E-state index in [1.165, 1.54) is 7.11 Å². The minimum absolute atomic E-state index is 0.0141. The van der Waals surface area contributed by atoms with Crippen molar-refractivity contribution >= 4 is 11.9 Å². The van der Waals surface area contributed by atoms with Crippen LogP contribution in [0.25, 0.3) is 0 Å². The molecule has 2 aromatic rings. The van der Waals surface area contributed by atoms with Crippen LogP contribution in [0.4, 0.5) is 0 Å². The van der Waals surface area contributed by atoms with Crippen molar-refractivity contribution in [3.8, 4) is 5.88 Å². The Bertz CT molecular complexity index is 796. The van der Waals surface area contributed by atoms with E-state index in [9.17, 15) is 9.59 Å². The van der Waals surface area contributed by atoms with Gasteiger partial charge in [-0.05, 0) is 38.8 Å². The summed E-state index contributed by atoms with van der Waals surface area (Å²) >= 11 is 0. The van der Waals surface area contributed by atoms with Gasteiger partial charge in [0.15, 0.2) is 0 Å². The number of H-pyrrole nitrogens is 1. The van der Waals surface area contributed by atoms with Crippen molar-refractivity contribution in [3.05, 3.63) is 46.4 Å². The lowest BCUT2D eigenvalue weighted by Gasteiger charge is -2.13. The third-order valence-electron chi connectivity index (χ3n) is 3.93. The van der Waals surface area contributed by atoms with Gasteiger partial charge >= 0.3 is 5.97 Å². The molecular weight excluding hydrogens is 334 g/mol. The third kappa shape index (κ3) is 4.22. The number of carbonyl (C=O) groups excluding carboxylic acids is 2. The number of pyridine rings is 1. The molecule has 2 N–H and O–H groups in total. The van der Waals surface area contributed by atoms with Gasteiger partial charge in [-0.1, -0.05) is 13.0 Å². The Morgan fingerprint density at radius 3 is 2.69 bits per heavy atom. The Balaban J connectivity index is 2.19. The molecule has 0 aliphatic rings. The molecule has 1 amide bonds. The summed E-state index contributed by atoms with van der Waals surface area (Å²) in [6.45, 7) is 7.74. The average Bonchev–Trinajstić information content (AvgIpc) is 2.96. The number of rotatable bonds is 7. The van der Waals surface area contributed by atoms with Crippen LogP contribution in [0.3, 0.4) is 0 Å².